The van der Waals surface area contributed by atoms with E-state index < -0.39 is 27.1 Å². The second-order valence-electron chi connectivity index (χ2n) is 8.76. The van der Waals surface area contributed by atoms with Gasteiger partial charge >= 0.3 is 0 Å². The second kappa shape index (κ2) is 11.0. The van der Waals surface area contributed by atoms with Gasteiger partial charge in [-0.3, -0.25) is 9.59 Å². The van der Waals surface area contributed by atoms with Crippen LogP contribution in [-0.4, -0.2) is 49.6 Å². The standard InChI is InChI=1S/C24H26ClN5O5S/c1-24(2,13-26)14-35-19-11-16(36(3,33)34)7-8-17(19)22(31)29-18-5-4-10-27-21(18)23(32)30-20-9-6-15(25)12-28-20/h4-12H,13-14,26H2,1-3H3,(H,29,31)(H,28,30,32). The van der Waals surface area contributed by atoms with Crippen molar-refractivity contribution < 1.29 is 22.7 Å². The fourth-order valence-electron chi connectivity index (χ4n) is 2.87. The third-order valence-electron chi connectivity index (χ3n) is 5.04. The Hall–Kier alpha value is -3.54. The zero-order chi connectivity index (χ0) is 26.5. The van der Waals surface area contributed by atoms with Crippen molar-refractivity contribution in [2.24, 2.45) is 11.1 Å². The number of ether oxygens (including phenoxy) is 1. The summed E-state index contributed by atoms with van der Waals surface area (Å²) in [5.41, 5.74) is 5.50. The van der Waals surface area contributed by atoms with Crippen LogP contribution in [-0.2, 0) is 9.84 Å². The molecule has 3 rings (SSSR count). The molecule has 2 amide bonds. The van der Waals surface area contributed by atoms with Crippen molar-refractivity contribution in [1.29, 1.82) is 0 Å². The summed E-state index contributed by atoms with van der Waals surface area (Å²) in [4.78, 5) is 34.1. The summed E-state index contributed by atoms with van der Waals surface area (Å²) in [6.07, 6.45) is 3.85. The van der Waals surface area contributed by atoms with Crippen LogP contribution in [0.5, 0.6) is 5.75 Å². The first-order chi connectivity index (χ1) is 16.9. The van der Waals surface area contributed by atoms with E-state index in [0.717, 1.165) is 6.26 Å². The van der Waals surface area contributed by atoms with Crippen molar-refractivity contribution in [3.8, 4) is 5.75 Å². The number of amides is 2. The lowest BCUT2D eigenvalue weighted by molar-refractivity contribution is 0.101. The molecule has 0 fully saturated rings. The van der Waals surface area contributed by atoms with Gasteiger partial charge in [-0.25, -0.2) is 18.4 Å². The Kier molecular flexibility index (Phi) is 8.28. The molecule has 3 aromatic rings. The fraction of sp³-hybridized carbons (Fsp3) is 0.250. The molecule has 0 bridgehead atoms. The van der Waals surface area contributed by atoms with Crippen LogP contribution in [0.3, 0.4) is 0 Å². The van der Waals surface area contributed by atoms with Crippen LogP contribution >= 0.6 is 11.6 Å². The summed E-state index contributed by atoms with van der Waals surface area (Å²) < 4.78 is 30.0. The number of anilines is 2. The van der Waals surface area contributed by atoms with E-state index in [1.165, 1.54) is 42.7 Å². The summed E-state index contributed by atoms with van der Waals surface area (Å²) in [7, 11) is -3.55. The van der Waals surface area contributed by atoms with Crippen molar-refractivity contribution in [2.75, 3.05) is 30.0 Å². The number of nitrogens with zero attached hydrogens (tertiary/aromatic N) is 2. The third kappa shape index (κ3) is 7.00. The van der Waals surface area contributed by atoms with Crippen LogP contribution in [0.15, 0.2) is 59.8 Å². The van der Waals surface area contributed by atoms with Gasteiger partial charge in [-0.15, -0.1) is 0 Å². The highest BCUT2D eigenvalue weighted by molar-refractivity contribution is 7.90. The summed E-state index contributed by atoms with van der Waals surface area (Å²) in [5.74, 6) is -0.907. The van der Waals surface area contributed by atoms with E-state index in [1.807, 2.05) is 13.8 Å². The molecule has 0 spiro atoms. The lowest BCUT2D eigenvalue weighted by Crippen LogP contribution is -2.30. The number of aromatic nitrogens is 2. The Bertz CT molecular complexity index is 1380. The molecule has 2 aromatic heterocycles. The molecular formula is C24H26ClN5O5S. The summed E-state index contributed by atoms with van der Waals surface area (Å²) in [6.45, 7) is 4.22. The normalized spacial score (nSPS) is 11.6. The number of hydrogen-bond acceptors (Lipinski definition) is 8. The number of nitrogens with two attached hydrogens (primary N) is 1. The number of carbonyl (C=O) groups excluding carboxylic acids is 2. The average molecular weight is 532 g/mol. The van der Waals surface area contributed by atoms with E-state index in [4.69, 9.17) is 22.1 Å². The predicted molar refractivity (Wildman–Crippen MR) is 137 cm³/mol. The minimum atomic E-state index is -3.55. The molecule has 0 aliphatic heterocycles. The Labute approximate surface area is 214 Å². The summed E-state index contributed by atoms with van der Waals surface area (Å²) in [5, 5.41) is 5.66. The van der Waals surface area contributed by atoms with Crippen LogP contribution in [0.4, 0.5) is 11.5 Å². The Morgan fingerprint density at radius 3 is 2.47 bits per heavy atom. The third-order valence-corrected chi connectivity index (χ3v) is 6.37. The van der Waals surface area contributed by atoms with Gasteiger partial charge in [0.05, 0.1) is 27.8 Å². The Balaban J connectivity index is 1.89. The molecule has 4 N–H and O–H groups in total. The molecule has 2 heterocycles. The van der Waals surface area contributed by atoms with Crippen molar-refractivity contribution in [1.82, 2.24) is 9.97 Å². The maximum Gasteiger partial charge on any atom is 0.277 e. The number of rotatable bonds is 9. The molecule has 1 aromatic carbocycles. The Morgan fingerprint density at radius 2 is 1.83 bits per heavy atom. The second-order valence-corrected chi connectivity index (χ2v) is 11.2. The van der Waals surface area contributed by atoms with Crippen molar-refractivity contribution in [3.63, 3.8) is 0 Å². The lowest BCUT2D eigenvalue weighted by atomic mass is 9.95. The number of hydrogen-bond donors (Lipinski definition) is 3. The topological polar surface area (TPSA) is 153 Å². The highest BCUT2D eigenvalue weighted by Gasteiger charge is 2.23. The molecule has 0 radical (unpaired) electrons. The number of nitrogens with one attached hydrogen (secondary N) is 2. The molecule has 0 saturated carbocycles. The van der Waals surface area contributed by atoms with Crippen LogP contribution in [0.2, 0.25) is 5.02 Å². The van der Waals surface area contributed by atoms with E-state index in [-0.39, 0.29) is 40.0 Å². The molecule has 10 nitrogen and oxygen atoms in total. The van der Waals surface area contributed by atoms with Gasteiger partial charge < -0.3 is 21.1 Å². The molecule has 0 unspecified atom stereocenters. The van der Waals surface area contributed by atoms with Crippen LogP contribution in [0, 0.1) is 5.41 Å². The molecule has 0 saturated heterocycles. The average Bonchev–Trinajstić information content (AvgIpc) is 2.83. The largest absolute Gasteiger partial charge is 0.492 e. The molecule has 0 aliphatic rings. The van der Waals surface area contributed by atoms with Crippen molar-refractivity contribution in [2.45, 2.75) is 18.7 Å². The fourth-order valence-corrected chi connectivity index (χ4v) is 3.62. The summed E-state index contributed by atoms with van der Waals surface area (Å²) >= 11 is 5.82. The zero-order valence-corrected chi connectivity index (χ0v) is 21.5. The van der Waals surface area contributed by atoms with Crippen LogP contribution < -0.4 is 21.1 Å². The molecule has 36 heavy (non-hydrogen) atoms. The smallest absolute Gasteiger partial charge is 0.277 e. The number of carbonyl (C=O) groups is 2. The van der Waals surface area contributed by atoms with Gasteiger partial charge in [0.2, 0.25) is 0 Å². The molecular weight excluding hydrogens is 506 g/mol. The van der Waals surface area contributed by atoms with E-state index >= 15 is 0 Å². The van der Waals surface area contributed by atoms with Crippen LogP contribution in [0.1, 0.15) is 34.7 Å². The first-order valence-electron chi connectivity index (χ1n) is 10.8. The van der Waals surface area contributed by atoms with Gasteiger partial charge in [0.15, 0.2) is 15.5 Å². The first-order valence-corrected chi connectivity index (χ1v) is 13.0. The SMILES string of the molecule is CC(C)(CN)COc1cc(S(C)(=O)=O)ccc1C(=O)Nc1cccnc1C(=O)Nc1ccc(Cl)cn1. The Morgan fingerprint density at radius 1 is 1.08 bits per heavy atom. The summed E-state index contributed by atoms with van der Waals surface area (Å²) in [6, 6.07) is 10.1. The maximum absolute atomic E-state index is 13.2. The number of benzene rings is 1. The van der Waals surface area contributed by atoms with Gasteiger partial charge in [0, 0.05) is 30.6 Å². The lowest BCUT2D eigenvalue weighted by Gasteiger charge is -2.23. The van der Waals surface area contributed by atoms with Gasteiger partial charge in [-0.2, -0.15) is 0 Å². The first kappa shape index (κ1) is 27.1. The molecule has 0 atom stereocenters. The minimum absolute atomic E-state index is 0.00323. The van der Waals surface area contributed by atoms with Gasteiger partial charge in [0.25, 0.3) is 11.8 Å². The predicted octanol–water partition coefficient (Wildman–Crippen LogP) is 3.40. The monoisotopic (exact) mass is 531 g/mol. The van der Waals surface area contributed by atoms with E-state index in [1.54, 1.807) is 12.1 Å². The van der Waals surface area contributed by atoms with Crippen molar-refractivity contribution >= 4 is 44.8 Å². The minimum Gasteiger partial charge on any atom is -0.492 e. The molecule has 12 heteroatoms. The van der Waals surface area contributed by atoms with E-state index in [9.17, 15) is 18.0 Å². The number of pyridine rings is 2. The van der Waals surface area contributed by atoms with E-state index in [2.05, 4.69) is 20.6 Å². The quantitative estimate of drug-likeness (QED) is 0.379. The number of halogens is 1. The maximum atomic E-state index is 13.2. The van der Waals surface area contributed by atoms with Gasteiger partial charge in [0.1, 0.15) is 11.6 Å². The molecule has 190 valence electrons. The number of sulfone groups is 1. The van der Waals surface area contributed by atoms with E-state index in [0.29, 0.717) is 11.6 Å². The molecule has 0 aliphatic carbocycles. The van der Waals surface area contributed by atoms with Gasteiger partial charge in [-0.1, -0.05) is 25.4 Å². The zero-order valence-electron chi connectivity index (χ0n) is 19.9. The van der Waals surface area contributed by atoms with Crippen LogP contribution in [0.25, 0.3) is 0 Å². The van der Waals surface area contributed by atoms with Crippen molar-refractivity contribution in [3.05, 3.63) is 71.1 Å². The highest BCUT2D eigenvalue weighted by atomic mass is 35.5. The van der Waals surface area contributed by atoms with Gasteiger partial charge in [-0.05, 0) is 42.5 Å². The highest BCUT2D eigenvalue weighted by Crippen LogP contribution is 2.27.